The highest BCUT2D eigenvalue weighted by Crippen LogP contribution is 2.42. The average molecular weight is 653 g/mol. The van der Waals surface area contributed by atoms with Gasteiger partial charge < -0.3 is 66.3 Å². The van der Waals surface area contributed by atoms with E-state index >= 15 is 0 Å². The van der Waals surface area contributed by atoms with Crippen LogP contribution in [0, 0.1) is 0 Å². The number of hydrogen-bond acceptors (Lipinski definition) is 14. The first-order valence-electron chi connectivity index (χ1n) is 15.7. The van der Waals surface area contributed by atoms with E-state index in [9.17, 15) is 0 Å². The number of hydrogen-bond donors (Lipinski definition) is 0. The SMILES string of the molecule is c1c2c(cc3c1OCCO3)OCCOCCOCCOCCOc1cc3c(cc1OCCOCCOCCOCCO2)OCCO3. The summed E-state index contributed by atoms with van der Waals surface area (Å²) in [5.74, 6) is 4.65. The van der Waals surface area contributed by atoms with Gasteiger partial charge in [0.25, 0.3) is 0 Å². The van der Waals surface area contributed by atoms with Crippen molar-refractivity contribution in [3.63, 3.8) is 0 Å². The molecule has 0 aromatic heterocycles. The molecule has 0 amide bonds. The lowest BCUT2D eigenvalue weighted by atomic mass is 10.2. The Morgan fingerprint density at radius 3 is 0.500 bits per heavy atom. The molecule has 14 nitrogen and oxygen atoms in total. The van der Waals surface area contributed by atoms with Gasteiger partial charge in [-0.1, -0.05) is 0 Å². The molecule has 3 heterocycles. The van der Waals surface area contributed by atoms with E-state index in [2.05, 4.69) is 0 Å². The Hall–Kier alpha value is -3.40. The summed E-state index contributed by atoms with van der Waals surface area (Å²) in [6.07, 6.45) is 0. The van der Waals surface area contributed by atoms with Gasteiger partial charge in [0.1, 0.15) is 52.9 Å². The highest BCUT2D eigenvalue weighted by Gasteiger charge is 2.19. The molecule has 0 spiro atoms. The van der Waals surface area contributed by atoms with Gasteiger partial charge >= 0.3 is 0 Å². The van der Waals surface area contributed by atoms with Crippen molar-refractivity contribution in [1.82, 2.24) is 0 Å². The normalized spacial score (nSPS) is 20.2. The van der Waals surface area contributed by atoms with Crippen LogP contribution in [-0.4, -0.2) is 132 Å². The van der Waals surface area contributed by atoms with Crippen molar-refractivity contribution >= 4 is 0 Å². The van der Waals surface area contributed by atoms with Crippen molar-refractivity contribution in [3.8, 4) is 46.0 Å². The summed E-state index contributed by atoms with van der Waals surface area (Å²) in [5, 5.41) is 0. The van der Waals surface area contributed by atoms with E-state index in [1.54, 1.807) is 24.3 Å². The molecule has 256 valence electrons. The van der Waals surface area contributed by atoms with E-state index in [0.29, 0.717) is 178 Å². The molecule has 5 rings (SSSR count). The second-order valence-corrected chi connectivity index (χ2v) is 9.95. The molecule has 0 bridgehead atoms. The third kappa shape index (κ3) is 11.4. The molecule has 0 saturated heterocycles. The van der Waals surface area contributed by atoms with Crippen LogP contribution in [0.5, 0.6) is 46.0 Å². The van der Waals surface area contributed by atoms with Crippen LogP contribution in [0.15, 0.2) is 24.3 Å². The van der Waals surface area contributed by atoms with E-state index in [4.69, 9.17) is 66.3 Å². The zero-order valence-corrected chi connectivity index (χ0v) is 26.2. The maximum atomic E-state index is 5.95. The fourth-order valence-corrected chi connectivity index (χ4v) is 4.48. The van der Waals surface area contributed by atoms with Gasteiger partial charge in [-0.15, -0.1) is 0 Å². The van der Waals surface area contributed by atoms with Crippen molar-refractivity contribution in [1.29, 1.82) is 0 Å². The fraction of sp³-hybridized carbons (Fsp3) is 0.625. The Kier molecular flexibility index (Phi) is 14.7. The van der Waals surface area contributed by atoms with Gasteiger partial charge in [-0.2, -0.15) is 0 Å². The smallest absolute Gasteiger partial charge is 0.165 e. The Bertz CT molecular complexity index is 987. The van der Waals surface area contributed by atoms with Crippen molar-refractivity contribution < 1.29 is 66.3 Å². The first kappa shape index (κ1) is 33.9. The largest absolute Gasteiger partial charge is 0.487 e. The first-order valence-corrected chi connectivity index (χ1v) is 15.7. The minimum Gasteiger partial charge on any atom is -0.487 e. The van der Waals surface area contributed by atoms with Gasteiger partial charge in [0.15, 0.2) is 46.0 Å². The van der Waals surface area contributed by atoms with Gasteiger partial charge in [-0.05, 0) is 0 Å². The summed E-state index contributed by atoms with van der Waals surface area (Å²) in [4.78, 5) is 0. The third-order valence-corrected chi connectivity index (χ3v) is 6.65. The first-order chi connectivity index (χ1) is 22.9. The Morgan fingerprint density at radius 1 is 0.196 bits per heavy atom. The maximum absolute atomic E-state index is 5.95. The summed E-state index contributed by atoms with van der Waals surface area (Å²) in [6, 6.07) is 7.11. The topological polar surface area (TPSA) is 129 Å². The van der Waals surface area contributed by atoms with E-state index in [-0.39, 0.29) is 0 Å². The highest BCUT2D eigenvalue weighted by molar-refractivity contribution is 5.55. The number of benzene rings is 2. The Labute approximate surface area is 268 Å². The number of ether oxygens (including phenoxy) is 14. The van der Waals surface area contributed by atoms with E-state index in [1.807, 2.05) is 0 Å². The molecule has 0 radical (unpaired) electrons. The highest BCUT2D eigenvalue weighted by atomic mass is 16.6. The van der Waals surface area contributed by atoms with Crippen LogP contribution in [0.4, 0.5) is 0 Å². The quantitative estimate of drug-likeness (QED) is 0.413. The predicted octanol–water partition coefficient (Wildman–Crippen LogP) is 2.56. The van der Waals surface area contributed by atoms with Crippen LogP contribution >= 0.6 is 0 Å². The van der Waals surface area contributed by atoms with Crippen LogP contribution in [0.1, 0.15) is 0 Å². The summed E-state index contributed by atoms with van der Waals surface area (Å²) >= 11 is 0. The molecular formula is C32H44O14. The molecule has 2 aromatic carbocycles. The molecule has 0 N–H and O–H groups in total. The van der Waals surface area contributed by atoms with Crippen LogP contribution in [0.2, 0.25) is 0 Å². The van der Waals surface area contributed by atoms with Crippen molar-refractivity contribution in [2.24, 2.45) is 0 Å². The standard InChI is InChI=1S/C32H44O14/c1-5-35-9-13-39-25-21-29-30(44-18-17-43-29)22-26(25)41-15-11-37-7-3-34-4-8-38-12-16-42-28-24-32-31(45-19-20-46-32)23-27(28)40-14-10-36-6-2-33-1/h21-24H,1-20H2. The van der Waals surface area contributed by atoms with Crippen molar-refractivity contribution in [3.05, 3.63) is 24.3 Å². The molecule has 0 unspecified atom stereocenters. The minimum atomic E-state index is 0.326. The Balaban J connectivity index is 1.07. The zero-order chi connectivity index (χ0) is 31.5. The lowest BCUT2D eigenvalue weighted by molar-refractivity contribution is 0.00239. The summed E-state index contributed by atoms with van der Waals surface area (Å²) in [7, 11) is 0. The molecular weight excluding hydrogens is 608 g/mol. The molecule has 0 aliphatic carbocycles. The van der Waals surface area contributed by atoms with Gasteiger partial charge in [-0.25, -0.2) is 0 Å². The molecule has 3 aliphatic heterocycles. The number of rotatable bonds is 0. The van der Waals surface area contributed by atoms with Gasteiger partial charge in [0, 0.05) is 24.3 Å². The molecule has 0 fully saturated rings. The van der Waals surface area contributed by atoms with Crippen molar-refractivity contribution in [2.45, 2.75) is 0 Å². The van der Waals surface area contributed by atoms with Crippen LogP contribution in [0.25, 0.3) is 0 Å². The second kappa shape index (κ2) is 20.0. The predicted molar refractivity (Wildman–Crippen MR) is 162 cm³/mol. The molecule has 46 heavy (non-hydrogen) atoms. The Morgan fingerprint density at radius 2 is 0.326 bits per heavy atom. The van der Waals surface area contributed by atoms with E-state index in [0.717, 1.165) is 0 Å². The monoisotopic (exact) mass is 652 g/mol. The summed E-state index contributed by atoms with van der Waals surface area (Å²) in [5.41, 5.74) is 0. The maximum Gasteiger partial charge on any atom is 0.165 e. The summed E-state index contributed by atoms with van der Waals surface area (Å²) in [6.45, 7) is 8.19. The van der Waals surface area contributed by atoms with Crippen molar-refractivity contribution in [2.75, 3.05) is 132 Å². The second-order valence-electron chi connectivity index (χ2n) is 9.95. The van der Waals surface area contributed by atoms with Gasteiger partial charge in [0.05, 0.1) is 79.3 Å². The van der Waals surface area contributed by atoms with Gasteiger partial charge in [-0.3, -0.25) is 0 Å². The average Bonchev–Trinajstić information content (AvgIpc) is 3.08. The molecule has 0 atom stereocenters. The van der Waals surface area contributed by atoms with Crippen LogP contribution < -0.4 is 37.9 Å². The third-order valence-electron chi connectivity index (χ3n) is 6.65. The van der Waals surface area contributed by atoms with E-state index < -0.39 is 0 Å². The molecule has 0 saturated carbocycles. The number of fused-ring (bicyclic) bond motifs is 4. The lowest BCUT2D eigenvalue weighted by Crippen LogP contribution is -2.17. The van der Waals surface area contributed by atoms with Crippen LogP contribution in [-0.2, 0) is 28.4 Å². The van der Waals surface area contributed by atoms with Gasteiger partial charge in [0.2, 0.25) is 0 Å². The molecule has 3 aliphatic rings. The lowest BCUT2D eigenvalue weighted by Gasteiger charge is -2.21. The minimum absolute atomic E-state index is 0.326. The van der Waals surface area contributed by atoms with E-state index in [1.165, 1.54) is 0 Å². The summed E-state index contributed by atoms with van der Waals surface area (Å²) < 4.78 is 80.4. The van der Waals surface area contributed by atoms with Crippen LogP contribution in [0.3, 0.4) is 0 Å². The zero-order valence-electron chi connectivity index (χ0n) is 26.2. The fourth-order valence-electron chi connectivity index (χ4n) is 4.48. The molecule has 14 heteroatoms. The molecule has 2 aromatic rings.